The standard InChI is InChI=1S/C34H63N5O8/c1-11-12-13-14-15-21(6)17-22(7)29(23(8)30(42)36-18-27(40)41)47-34(46)25(10)38-31(43)24(9)37-32(44)26(16-19(2)3)39-33(45)28(35)20(4)5/h19-26,28-29H,11-18,35H2,1-10H3,(H,36,42)(H,37,44)(H,38,43)(H,39,45)(H,40,41)/t21-,22-,23+,24-,25-,26-,28-,29+/m0/s1. The molecule has 7 N–H and O–H groups in total. The van der Waals surface area contributed by atoms with E-state index in [1.54, 1.807) is 20.8 Å². The van der Waals surface area contributed by atoms with E-state index in [1.165, 1.54) is 13.8 Å². The van der Waals surface area contributed by atoms with E-state index >= 15 is 0 Å². The molecule has 0 fully saturated rings. The molecule has 0 aliphatic heterocycles. The highest BCUT2D eigenvalue weighted by atomic mass is 16.5. The van der Waals surface area contributed by atoms with Gasteiger partial charge in [-0.15, -0.1) is 0 Å². The summed E-state index contributed by atoms with van der Waals surface area (Å²) in [5.41, 5.74) is 5.94. The quantitative estimate of drug-likeness (QED) is 0.0698. The molecule has 0 aromatic carbocycles. The number of aliphatic carboxylic acids is 1. The van der Waals surface area contributed by atoms with Gasteiger partial charge in [0.15, 0.2) is 0 Å². The molecule has 4 amide bonds. The molecule has 0 heterocycles. The number of hydrogen-bond acceptors (Lipinski definition) is 8. The molecule has 13 heteroatoms. The van der Waals surface area contributed by atoms with Gasteiger partial charge in [-0.25, -0.2) is 4.79 Å². The summed E-state index contributed by atoms with van der Waals surface area (Å²) in [5, 5.41) is 19.2. The van der Waals surface area contributed by atoms with Crippen molar-refractivity contribution >= 4 is 35.6 Å². The molecule has 0 aromatic heterocycles. The molecule has 0 saturated carbocycles. The van der Waals surface area contributed by atoms with Crippen molar-refractivity contribution in [3.63, 3.8) is 0 Å². The molecule has 47 heavy (non-hydrogen) atoms. The Kier molecular flexibility index (Phi) is 20.8. The van der Waals surface area contributed by atoms with Crippen molar-refractivity contribution in [3.8, 4) is 0 Å². The van der Waals surface area contributed by atoms with Crippen LogP contribution >= 0.6 is 0 Å². The van der Waals surface area contributed by atoms with Crippen molar-refractivity contribution < 1.29 is 38.6 Å². The van der Waals surface area contributed by atoms with E-state index in [9.17, 15) is 28.8 Å². The van der Waals surface area contributed by atoms with Crippen LogP contribution in [0.5, 0.6) is 0 Å². The van der Waals surface area contributed by atoms with Crippen LogP contribution < -0.4 is 27.0 Å². The van der Waals surface area contributed by atoms with Gasteiger partial charge in [0.05, 0.1) is 12.0 Å². The van der Waals surface area contributed by atoms with Crippen molar-refractivity contribution in [1.82, 2.24) is 21.3 Å². The minimum atomic E-state index is -1.19. The molecule has 0 saturated heterocycles. The summed E-state index contributed by atoms with van der Waals surface area (Å²) < 4.78 is 5.83. The van der Waals surface area contributed by atoms with Gasteiger partial charge in [0, 0.05) is 0 Å². The Morgan fingerprint density at radius 3 is 1.85 bits per heavy atom. The fraction of sp³-hybridized carbons (Fsp3) is 0.824. The number of hydrogen-bond donors (Lipinski definition) is 6. The molecule has 13 nitrogen and oxygen atoms in total. The molecule has 0 aromatic rings. The Morgan fingerprint density at radius 1 is 0.723 bits per heavy atom. The molecular formula is C34H63N5O8. The summed E-state index contributed by atoms with van der Waals surface area (Å²) in [7, 11) is 0. The normalized spacial score (nSPS) is 16.5. The number of esters is 1. The lowest BCUT2D eigenvalue weighted by Crippen LogP contribution is -2.57. The van der Waals surface area contributed by atoms with E-state index in [4.69, 9.17) is 15.6 Å². The topological polar surface area (TPSA) is 206 Å². The lowest BCUT2D eigenvalue weighted by Gasteiger charge is -2.31. The first-order chi connectivity index (χ1) is 21.8. The van der Waals surface area contributed by atoms with E-state index < -0.39 is 78.3 Å². The first-order valence-electron chi connectivity index (χ1n) is 17.2. The maximum Gasteiger partial charge on any atom is 0.328 e. The van der Waals surface area contributed by atoms with Crippen molar-refractivity contribution in [1.29, 1.82) is 0 Å². The van der Waals surface area contributed by atoms with Crippen LogP contribution in [0.4, 0.5) is 0 Å². The summed E-state index contributed by atoms with van der Waals surface area (Å²) in [4.78, 5) is 75.6. The second-order valence-corrected chi connectivity index (χ2v) is 13.9. The van der Waals surface area contributed by atoms with Gasteiger partial charge < -0.3 is 36.8 Å². The fourth-order valence-corrected chi connectivity index (χ4v) is 5.28. The number of unbranched alkanes of at least 4 members (excludes halogenated alkanes) is 3. The number of carboxylic acid groups (broad SMARTS) is 1. The van der Waals surface area contributed by atoms with Gasteiger partial charge in [0.1, 0.15) is 30.8 Å². The van der Waals surface area contributed by atoms with Gasteiger partial charge in [-0.05, 0) is 50.4 Å². The van der Waals surface area contributed by atoms with Crippen LogP contribution in [0, 0.1) is 29.6 Å². The Balaban J connectivity index is 5.55. The molecular weight excluding hydrogens is 606 g/mol. The summed E-state index contributed by atoms with van der Waals surface area (Å²) in [6, 6.07) is -3.87. The number of ether oxygens (including phenoxy) is 1. The number of rotatable bonds is 23. The number of carboxylic acids is 1. The predicted molar refractivity (Wildman–Crippen MR) is 181 cm³/mol. The Hall–Kier alpha value is -3.22. The Morgan fingerprint density at radius 2 is 1.32 bits per heavy atom. The molecule has 8 atom stereocenters. The van der Waals surface area contributed by atoms with Gasteiger partial charge in [-0.3, -0.25) is 24.0 Å². The number of carbonyl (C=O) groups excluding carboxylic acids is 5. The molecule has 0 aliphatic rings. The molecule has 0 unspecified atom stereocenters. The lowest BCUT2D eigenvalue weighted by molar-refractivity contribution is -0.160. The van der Waals surface area contributed by atoms with E-state index in [0.29, 0.717) is 18.8 Å². The molecule has 0 aliphatic carbocycles. The SMILES string of the molecule is CCCCCC[C@H](C)C[C@H](C)[C@@H](OC(=O)[C@H](C)NC(=O)[C@H](C)NC(=O)[C@H](CC(C)C)NC(=O)[C@@H](N)C(C)C)[C@@H](C)C(=O)NCC(=O)O. The second kappa shape index (κ2) is 22.4. The Bertz CT molecular complexity index is 1020. The highest BCUT2D eigenvalue weighted by Crippen LogP contribution is 2.27. The fourth-order valence-electron chi connectivity index (χ4n) is 5.28. The predicted octanol–water partition coefficient (Wildman–Crippen LogP) is 2.89. The third-order valence-electron chi connectivity index (χ3n) is 8.28. The maximum atomic E-state index is 13.2. The van der Waals surface area contributed by atoms with Crippen molar-refractivity contribution in [2.75, 3.05) is 6.54 Å². The van der Waals surface area contributed by atoms with E-state index in [2.05, 4.69) is 35.1 Å². The largest absolute Gasteiger partial charge is 0.480 e. The van der Waals surface area contributed by atoms with E-state index in [1.807, 2.05) is 20.8 Å². The van der Waals surface area contributed by atoms with Crippen LogP contribution in [0.25, 0.3) is 0 Å². The smallest absolute Gasteiger partial charge is 0.328 e. The minimum absolute atomic E-state index is 0.0632. The Labute approximate surface area is 281 Å². The van der Waals surface area contributed by atoms with Gasteiger partial charge in [0.2, 0.25) is 23.6 Å². The second-order valence-electron chi connectivity index (χ2n) is 13.9. The van der Waals surface area contributed by atoms with Crippen molar-refractivity contribution in [3.05, 3.63) is 0 Å². The van der Waals surface area contributed by atoms with Gasteiger partial charge >= 0.3 is 11.9 Å². The van der Waals surface area contributed by atoms with Crippen LogP contribution in [0.2, 0.25) is 0 Å². The third kappa shape index (κ3) is 17.5. The molecule has 0 bridgehead atoms. The maximum absolute atomic E-state index is 13.2. The lowest BCUT2D eigenvalue weighted by atomic mass is 9.84. The van der Waals surface area contributed by atoms with Crippen LogP contribution in [0.3, 0.4) is 0 Å². The first-order valence-corrected chi connectivity index (χ1v) is 17.2. The zero-order chi connectivity index (χ0) is 36.4. The summed E-state index contributed by atoms with van der Waals surface area (Å²) in [6.07, 6.45) is 5.64. The highest BCUT2D eigenvalue weighted by molar-refractivity contribution is 5.94. The van der Waals surface area contributed by atoms with Crippen LogP contribution in [0.1, 0.15) is 114 Å². The van der Waals surface area contributed by atoms with Gasteiger partial charge in [-0.2, -0.15) is 0 Å². The monoisotopic (exact) mass is 669 g/mol. The number of nitrogens with one attached hydrogen (secondary N) is 4. The molecule has 0 rings (SSSR count). The van der Waals surface area contributed by atoms with E-state index in [0.717, 1.165) is 32.1 Å². The van der Waals surface area contributed by atoms with Crippen LogP contribution in [-0.2, 0) is 33.5 Å². The molecule has 0 spiro atoms. The first kappa shape index (κ1) is 43.8. The average molecular weight is 670 g/mol. The summed E-state index contributed by atoms with van der Waals surface area (Å²) in [5.74, 6) is -5.02. The van der Waals surface area contributed by atoms with Crippen LogP contribution in [-0.4, -0.2) is 77.5 Å². The third-order valence-corrected chi connectivity index (χ3v) is 8.28. The molecule has 272 valence electrons. The summed E-state index contributed by atoms with van der Waals surface area (Å²) >= 11 is 0. The number of amides is 4. The van der Waals surface area contributed by atoms with Gasteiger partial charge in [0.25, 0.3) is 0 Å². The number of carbonyl (C=O) groups is 6. The summed E-state index contributed by atoms with van der Waals surface area (Å²) in [6.45, 7) is 17.5. The van der Waals surface area contributed by atoms with Gasteiger partial charge in [-0.1, -0.05) is 87.5 Å². The van der Waals surface area contributed by atoms with Crippen molar-refractivity contribution in [2.24, 2.45) is 35.3 Å². The zero-order valence-corrected chi connectivity index (χ0v) is 30.3. The minimum Gasteiger partial charge on any atom is -0.480 e. The highest BCUT2D eigenvalue weighted by Gasteiger charge is 2.35. The van der Waals surface area contributed by atoms with Crippen molar-refractivity contribution in [2.45, 2.75) is 144 Å². The zero-order valence-electron chi connectivity index (χ0n) is 30.3. The van der Waals surface area contributed by atoms with E-state index in [-0.39, 0.29) is 17.8 Å². The average Bonchev–Trinajstić information content (AvgIpc) is 2.98. The van der Waals surface area contributed by atoms with Crippen LogP contribution in [0.15, 0.2) is 0 Å². The molecule has 0 radical (unpaired) electrons. The number of nitrogens with two attached hydrogens (primary N) is 1.